The lowest BCUT2D eigenvalue weighted by atomic mass is 10.2. The summed E-state index contributed by atoms with van der Waals surface area (Å²) in [6.07, 6.45) is 6.96. The molecule has 0 aliphatic carbocycles. The Morgan fingerprint density at radius 1 is 1.60 bits per heavy atom. The third-order valence-corrected chi connectivity index (χ3v) is 2.55. The SMILES string of the molecule is CC/C=C/C(=O)c1c(Br)cnn1CCC. The van der Waals surface area contributed by atoms with Crippen molar-refractivity contribution in [3.63, 3.8) is 0 Å². The predicted octanol–water partition coefficient (Wildman–Crippen LogP) is 3.20. The topological polar surface area (TPSA) is 34.9 Å². The zero-order valence-corrected chi connectivity index (χ0v) is 10.6. The van der Waals surface area contributed by atoms with Crippen molar-refractivity contribution in [1.29, 1.82) is 0 Å². The van der Waals surface area contributed by atoms with Crippen molar-refractivity contribution in [2.75, 3.05) is 0 Å². The highest BCUT2D eigenvalue weighted by atomic mass is 79.9. The molecular formula is C11H15BrN2O. The quantitative estimate of drug-likeness (QED) is 0.609. The predicted molar refractivity (Wildman–Crippen MR) is 64.0 cm³/mol. The van der Waals surface area contributed by atoms with Crippen LogP contribution >= 0.6 is 15.9 Å². The van der Waals surface area contributed by atoms with Crippen molar-refractivity contribution < 1.29 is 4.79 Å². The van der Waals surface area contributed by atoms with Crippen molar-refractivity contribution in [1.82, 2.24) is 9.78 Å². The average Bonchev–Trinajstić information content (AvgIpc) is 2.57. The van der Waals surface area contributed by atoms with Crippen LogP contribution in [0.5, 0.6) is 0 Å². The van der Waals surface area contributed by atoms with Crippen molar-refractivity contribution in [3.05, 3.63) is 28.5 Å². The van der Waals surface area contributed by atoms with Crippen molar-refractivity contribution >= 4 is 21.7 Å². The van der Waals surface area contributed by atoms with Crippen LogP contribution in [0.3, 0.4) is 0 Å². The number of hydrogen-bond donors (Lipinski definition) is 0. The summed E-state index contributed by atoms with van der Waals surface area (Å²) in [5.74, 6) is 0.00896. The van der Waals surface area contributed by atoms with Crippen molar-refractivity contribution in [2.24, 2.45) is 0 Å². The fraction of sp³-hybridized carbons (Fsp3) is 0.455. The van der Waals surface area contributed by atoms with Crippen LogP contribution in [0.4, 0.5) is 0 Å². The Hall–Kier alpha value is -0.900. The number of carbonyl (C=O) groups is 1. The van der Waals surface area contributed by atoms with E-state index in [2.05, 4.69) is 28.0 Å². The number of carbonyl (C=O) groups excluding carboxylic acids is 1. The van der Waals surface area contributed by atoms with E-state index in [-0.39, 0.29) is 5.78 Å². The van der Waals surface area contributed by atoms with Gasteiger partial charge in [0.1, 0.15) is 5.69 Å². The van der Waals surface area contributed by atoms with Gasteiger partial charge in [-0.2, -0.15) is 5.10 Å². The Morgan fingerprint density at radius 2 is 2.33 bits per heavy atom. The zero-order valence-electron chi connectivity index (χ0n) is 9.03. The molecule has 3 nitrogen and oxygen atoms in total. The number of allylic oxidation sites excluding steroid dienone is 2. The molecule has 0 bridgehead atoms. The maximum Gasteiger partial charge on any atom is 0.204 e. The Balaban J connectivity index is 2.95. The van der Waals surface area contributed by atoms with Crippen LogP contribution in [0.25, 0.3) is 0 Å². The summed E-state index contributed by atoms with van der Waals surface area (Å²) in [4.78, 5) is 11.8. The highest BCUT2D eigenvalue weighted by Crippen LogP contribution is 2.17. The molecule has 82 valence electrons. The van der Waals surface area contributed by atoms with E-state index in [0.29, 0.717) is 5.69 Å². The molecule has 0 fully saturated rings. The van der Waals surface area contributed by atoms with Gasteiger partial charge in [0.25, 0.3) is 0 Å². The molecule has 0 N–H and O–H groups in total. The van der Waals surface area contributed by atoms with Crippen LogP contribution in [0.15, 0.2) is 22.8 Å². The van der Waals surface area contributed by atoms with Gasteiger partial charge in [0.15, 0.2) is 0 Å². The largest absolute Gasteiger partial charge is 0.288 e. The first kappa shape index (κ1) is 12.2. The smallest absolute Gasteiger partial charge is 0.204 e. The van der Waals surface area contributed by atoms with Crippen molar-refractivity contribution in [3.8, 4) is 0 Å². The van der Waals surface area contributed by atoms with Gasteiger partial charge in [0, 0.05) is 6.54 Å². The lowest BCUT2D eigenvalue weighted by Crippen LogP contribution is -2.09. The molecule has 0 amide bonds. The van der Waals surface area contributed by atoms with E-state index in [4.69, 9.17) is 0 Å². The second kappa shape index (κ2) is 5.85. The molecular weight excluding hydrogens is 256 g/mol. The average molecular weight is 271 g/mol. The van der Waals surface area contributed by atoms with Crippen molar-refractivity contribution in [2.45, 2.75) is 33.2 Å². The number of nitrogens with zero attached hydrogens (tertiary/aromatic N) is 2. The maximum absolute atomic E-state index is 11.8. The molecule has 15 heavy (non-hydrogen) atoms. The zero-order chi connectivity index (χ0) is 11.3. The lowest BCUT2D eigenvalue weighted by Gasteiger charge is -2.02. The van der Waals surface area contributed by atoms with E-state index in [1.165, 1.54) is 0 Å². The van der Waals surface area contributed by atoms with Crippen LogP contribution in [0.2, 0.25) is 0 Å². The molecule has 0 unspecified atom stereocenters. The molecule has 0 aromatic carbocycles. The van der Waals surface area contributed by atoms with Crippen LogP contribution in [-0.2, 0) is 6.54 Å². The first-order valence-electron chi connectivity index (χ1n) is 5.12. The summed E-state index contributed by atoms with van der Waals surface area (Å²) < 4.78 is 2.51. The minimum Gasteiger partial charge on any atom is -0.288 e. The summed E-state index contributed by atoms with van der Waals surface area (Å²) in [5.41, 5.74) is 0.640. The summed E-state index contributed by atoms with van der Waals surface area (Å²) in [5, 5.41) is 4.15. The standard InChI is InChI=1S/C11H15BrN2O/c1-3-5-6-10(15)11-9(12)8-13-14(11)7-4-2/h5-6,8H,3-4,7H2,1-2H3/b6-5+. The normalized spacial score (nSPS) is 11.1. The second-order valence-electron chi connectivity index (χ2n) is 3.24. The van der Waals surface area contributed by atoms with E-state index >= 15 is 0 Å². The highest BCUT2D eigenvalue weighted by Gasteiger charge is 2.13. The van der Waals surface area contributed by atoms with E-state index in [1.54, 1.807) is 17.0 Å². The first-order chi connectivity index (χ1) is 7.20. The number of hydrogen-bond acceptors (Lipinski definition) is 2. The molecule has 4 heteroatoms. The summed E-state index contributed by atoms with van der Waals surface area (Å²) >= 11 is 3.34. The molecule has 1 aromatic heterocycles. The number of halogens is 1. The Morgan fingerprint density at radius 3 is 2.93 bits per heavy atom. The lowest BCUT2D eigenvalue weighted by molar-refractivity contribution is 0.103. The molecule has 0 radical (unpaired) electrons. The first-order valence-corrected chi connectivity index (χ1v) is 5.92. The summed E-state index contributed by atoms with van der Waals surface area (Å²) in [7, 11) is 0. The molecule has 0 aliphatic heterocycles. The second-order valence-corrected chi connectivity index (χ2v) is 4.09. The molecule has 1 heterocycles. The van der Waals surface area contributed by atoms with Gasteiger partial charge in [-0.15, -0.1) is 0 Å². The van der Waals surface area contributed by atoms with E-state index in [1.807, 2.05) is 13.0 Å². The minimum atomic E-state index is 0.00896. The molecule has 0 spiro atoms. The van der Waals surface area contributed by atoms with E-state index < -0.39 is 0 Å². The van der Waals surface area contributed by atoms with Gasteiger partial charge in [-0.3, -0.25) is 9.48 Å². The minimum absolute atomic E-state index is 0.00896. The van der Waals surface area contributed by atoms with Crippen LogP contribution in [0, 0.1) is 0 Å². The highest BCUT2D eigenvalue weighted by molar-refractivity contribution is 9.10. The van der Waals surface area contributed by atoms with Gasteiger partial charge in [0.05, 0.1) is 10.7 Å². The van der Waals surface area contributed by atoms with Crippen LogP contribution < -0.4 is 0 Å². The van der Waals surface area contributed by atoms with Gasteiger partial charge in [-0.05, 0) is 34.8 Å². The third kappa shape index (κ3) is 3.02. The van der Waals surface area contributed by atoms with Gasteiger partial charge in [-0.25, -0.2) is 0 Å². The summed E-state index contributed by atoms with van der Waals surface area (Å²) in [6.45, 7) is 4.83. The molecule has 1 rings (SSSR count). The summed E-state index contributed by atoms with van der Waals surface area (Å²) in [6, 6.07) is 0. The van der Waals surface area contributed by atoms with Gasteiger partial charge >= 0.3 is 0 Å². The fourth-order valence-electron chi connectivity index (χ4n) is 1.29. The number of ketones is 1. The Kier molecular flexibility index (Phi) is 4.75. The Bertz CT molecular complexity index is 369. The Labute approximate surface area is 98.3 Å². The van der Waals surface area contributed by atoms with Gasteiger partial charge in [0.2, 0.25) is 5.78 Å². The monoisotopic (exact) mass is 270 g/mol. The molecule has 0 saturated heterocycles. The van der Waals surface area contributed by atoms with Gasteiger partial charge < -0.3 is 0 Å². The van der Waals surface area contributed by atoms with E-state index in [9.17, 15) is 4.79 Å². The fourth-order valence-corrected chi connectivity index (χ4v) is 1.78. The molecule has 0 atom stereocenters. The molecule has 0 saturated carbocycles. The molecule has 0 aliphatic rings. The number of rotatable bonds is 5. The number of aromatic nitrogens is 2. The maximum atomic E-state index is 11.8. The number of aryl methyl sites for hydroxylation is 1. The molecule has 1 aromatic rings. The third-order valence-electron chi connectivity index (χ3n) is 1.97. The van der Waals surface area contributed by atoms with Crippen LogP contribution in [0.1, 0.15) is 37.2 Å². The van der Waals surface area contributed by atoms with E-state index in [0.717, 1.165) is 23.9 Å². The van der Waals surface area contributed by atoms with Gasteiger partial charge in [-0.1, -0.05) is 19.9 Å². The van der Waals surface area contributed by atoms with Crippen LogP contribution in [-0.4, -0.2) is 15.6 Å².